The average molecular weight is 153 g/mol. The number of hydrogen-bond donors (Lipinski definition) is 1. The van der Waals surface area contributed by atoms with E-state index in [1.165, 1.54) is 24.8 Å². The maximum Gasteiger partial charge on any atom is 0.0161 e. The Kier molecular flexibility index (Phi) is 3.13. The molecule has 11 heavy (non-hydrogen) atoms. The molecule has 1 N–H and O–H groups in total. The standard InChI is InChI=1S/C10H19N/c1-8(2)7-11-9(3)6-10-4-5-10/h9-11H,1,4-7H2,2-3H3. The zero-order valence-electron chi connectivity index (χ0n) is 7.69. The van der Waals surface area contributed by atoms with Gasteiger partial charge in [-0.05, 0) is 26.2 Å². The van der Waals surface area contributed by atoms with Crippen molar-refractivity contribution in [3.63, 3.8) is 0 Å². The van der Waals surface area contributed by atoms with Crippen LogP contribution in [0.2, 0.25) is 0 Å². The first kappa shape index (κ1) is 8.79. The lowest BCUT2D eigenvalue weighted by Gasteiger charge is -2.12. The van der Waals surface area contributed by atoms with Crippen molar-refractivity contribution in [2.24, 2.45) is 5.92 Å². The third-order valence-electron chi connectivity index (χ3n) is 2.14. The van der Waals surface area contributed by atoms with Crippen molar-refractivity contribution in [3.8, 4) is 0 Å². The van der Waals surface area contributed by atoms with Crippen LogP contribution >= 0.6 is 0 Å². The topological polar surface area (TPSA) is 12.0 Å². The highest BCUT2D eigenvalue weighted by molar-refractivity contribution is 4.91. The third kappa shape index (κ3) is 4.20. The van der Waals surface area contributed by atoms with Crippen molar-refractivity contribution in [2.45, 2.75) is 39.2 Å². The Labute approximate surface area is 69.9 Å². The van der Waals surface area contributed by atoms with Crippen LogP contribution in [0.5, 0.6) is 0 Å². The van der Waals surface area contributed by atoms with Gasteiger partial charge in [0.1, 0.15) is 0 Å². The Morgan fingerprint density at radius 2 is 2.27 bits per heavy atom. The van der Waals surface area contributed by atoms with Crippen molar-refractivity contribution >= 4 is 0 Å². The highest BCUT2D eigenvalue weighted by Crippen LogP contribution is 2.33. The molecule has 0 amide bonds. The Morgan fingerprint density at radius 3 is 2.73 bits per heavy atom. The minimum absolute atomic E-state index is 0.680. The van der Waals surface area contributed by atoms with Crippen molar-refractivity contribution in [2.75, 3.05) is 6.54 Å². The molecule has 0 radical (unpaired) electrons. The van der Waals surface area contributed by atoms with E-state index in [2.05, 4.69) is 25.7 Å². The second kappa shape index (κ2) is 3.91. The molecule has 1 saturated carbocycles. The van der Waals surface area contributed by atoms with Crippen molar-refractivity contribution in [1.82, 2.24) is 5.32 Å². The second-order valence-corrected chi connectivity index (χ2v) is 3.92. The molecular weight excluding hydrogens is 134 g/mol. The lowest BCUT2D eigenvalue weighted by Crippen LogP contribution is -2.27. The number of nitrogens with one attached hydrogen (secondary N) is 1. The average Bonchev–Trinajstić information content (AvgIpc) is 2.67. The summed E-state index contributed by atoms with van der Waals surface area (Å²) >= 11 is 0. The molecule has 0 saturated heterocycles. The van der Waals surface area contributed by atoms with Gasteiger partial charge in [0.25, 0.3) is 0 Å². The molecule has 1 rings (SSSR count). The van der Waals surface area contributed by atoms with Crippen LogP contribution in [0.25, 0.3) is 0 Å². The van der Waals surface area contributed by atoms with Gasteiger partial charge in [-0.3, -0.25) is 0 Å². The van der Waals surface area contributed by atoms with E-state index in [4.69, 9.17) is 0 Å². The smallest absolute Gasteiger partial charge is 0.0161 e. The molecule has 1 fully saturated rings. The molecule has 0 heterocycles. The van der Waals surface area contributed by atoms with E-state index in [1.54, 1.807) is 0 Å². The van der Waals surface area contributed by atoms with Crippen LogP contribution in [-0.2, 0) is 0 Å². The van der Waals surface area contributed by atoms with Gasteiger partial charge in [-0.2, -0.15) is 0 Å². The minimum Gasteiger partial charge on any atom is -0.311 e. The largest absolute Gasteiger partial charge is 0.311 e. The monoisotopic (exact) mass is 153 g/mol. The Hall–Kier alpha value is -0.300. The molecule has 1 atom stereocenters. The Balaban J connectivity index is 1.99. The van der Waals surface area contributed by atoms with Crippen molar-refractivity contribution in [1.29, 1.82) is 0 Å². The quantitative estimate of drug-likeness (QED) is 0.598. The van der Waals surface area contributed by atoms with Gasteiger partial charge in [0.15, 0.2) is 0 Å². The van der Waals surface area contributed by atoms with E-state index in [-0.39, 0.29) is 0 Å². The summed E-state index contributed by atoms with van der Waals surface area (Å²) in [6, 6.07) is 0.680. The van der Waals surface area contributed by atoms with E-state index >= 15 is 0 Å². The molecule has 0 aromatic rings. The van der Waals surface area contributed by atoms with Gasteiger partial charge < -0.3 is 5.32 Å². The minimum atomic E-state index is 0.680. The molecule has 0 aliphatic heterocycles. The van der Waals surface area contributed by atoms with Gasteiger partial charge in [-0.1, -0.05) is 25.0 Å². The summed E-state index contributed by atoms with van der Waals surface area (Å²) in [5.74, 6) is 1.03. The molecule has 1 aliphatic carbocycles. The van der Waals surface area contributed by atoms with Crippen LogP contribution in [0.1, 0.15) is 33.1 Å². The normalized spacial score (nSPS) is 19.8. The first-order valence-corrected chi connectivity index (χ1v) is 4.56. The van der Waals surface area contributed by atoms with Crippen molar-refractivity contribution in [3.05, 3.63) is 12.2 Å². The van der Waals surface area contributed by atoms with Crippen molar-refractivity contribution < 1.29 is 0 Å². The summed E-state index contributed by atoms with van der Waals surface area (Å²) < 4.78 is 0. The first-order valence-electron chi connectivity index (χ1n) is 4.56. The van der Waals surface area contributed by atoms with E-state index in [0.717, 1.165) is 12.5 Å². The maximum atomic E-state index is 3.86. The fraction of sp³-hybridized carbons (Fsp3) is 0.800. The lowest BCUT2D eigenvalue weighted by atomic mass is 10.1. The maximum absolute atomic E-state index is 3.86. The van der Waals surface area contributed by atoms with E-state index < -0.39 is 0 Å². The summed E-state index contributed by atoms with van der Waals surface area (Å²) in [5.41, 5.74) is 1.23. The third-order valence-corrected chi connectivity index (χ3v) is 2.14. The van der Waals surface area contributed by atoms with Gasteiger partial charge in [-0.25, -0.2) is 0 Å². The highest BCUT2D eigenvalue weighted by atomic mass is 14.9. The Morgan fingerprint density at radius 1 is 1.64 bits per heavy atom. The van der Waals surface area contributed by atoms with E-state index in [1.807, 2.05) is 0 Å². The van der Waals surface area contributed by atoms with Gasteiger partial charge in [0.05, 0.1) is 0 Å². The zero-order chi connectivity index (χ0) is 8.27. The lowest BCUT2D eigenvalue weighted by molar-refractivity contribution is 0.507. The molecule has 64 valence electrons. The molecule has 0 aromatic carbocycles. The molecule has 1 unspecified atom stereocenters. The second-order valence-electron chi connectivity index (χ2n) is 3.92. The molecule has 0 spiro atoms. The molecule has 1 nitrogen and oxygen atoms in total. The van der Waals surface area contributed by atoms with Crippen LogP contribution in [0.3, 0.4) is 0 Å². The van der Waals surface area contributed by atoms with Crippen LogP contribution < -0.4 is 5.32 Å². The summed E-state index contributed by atoms with van der Waals surface area (Å²) in [5, 5.41) is 3.45. The van der Waals surface area contributed by atoms with Crippen LogP contribution in [0.15, 0.2) is 12.2 Å². The first-order chi connectivity index (χ1) is 5.18. The molecule has 1 aliphatic rings. The van der Waals surface area contributed by atoms with E-state index in [9.17, 15) is 0 Å². The Bertz CT molecular complexity index is 136. The van der Waals surface area contributed by atoms with E-state index in [0.29, 0.717) is 6.04 Å². The predicted molar refractivity (Wildman–Crippen MR) is 49.6 cm³/mol. The fourth-order valence-electron chi connectivity index (χ4n) is 1.29. The molecular formula is C10H19N. The van der Waals surface area contributed by atoms with Gasteiger partial charge in [0.2, 0.25) is 0 Å². The van der Waals surface area contributed by atoms with Crippen LogP contribution in [0.4, 0.5) is 0 Å². The molecule has 1 heteroatoms. The van der Waals surface area contributed by atoms with Gasteiger partial charge in [0, 0.05) is 12.6 Å². The number of rotatable bonds is 5. The highest BCUT2D eigenvalue weighted by Gasteiger charge is 2.22. The van der Waals surface area contributed by atoms with Crippen LogP contribution in [-0.4, -0.2) is 12.6 Å². The molecule has 0 bridgehead atoms. The number of hydrogen-bond acceptors (Lipinski definition) is 1. The zero-order valence-corrected chi connectivity index (χ0v) is 7.69. The predicted octanol–water partition coefficient (Wildman–Crippen LogP) is 2.34. The summed E-state index contributed by atoms with van der Waals surface area (Å²) in [7, 11) is 0. The molecule has 0 aromatic heterocycles. The SMILES string of the molecule is C=C(C)CNC(C)CC1CC1. The summed E-state index contributed by atoms with van der Waals surface area (Å²) in [4.78, 5) is 0. The summed E-state index contributed by atoms with van der Waals surface area (Å²) in [6.45, 7) is 9.17. The van der Waals surface area contributed by atoms with Crippen LogP contribution in [0, 0.1) is 5.92 Å². The van der Waals surface area contributed by atoms with Gasteiger partial charge >= 0.3 is 0 Å². The van der Waals surface area contributed by atoms with Gasteiger partial charge in [-0.15, -0.1) is 0 Å². The summed E-state index contributed by atoms with van der Waals surface area (Å²) in [6.07, 6.45) is 4.27. The fourth-order valence-corrected chi connectivity index (χ4v) is 1.29.